The highest BCUT2D eigenvalue weighted by Gasteiger charge is 2.24. The predicted molar refractivity (Wildman–Crippen MR) is 65.6 cm³/mol. The lowest BCUT2D eigenvalue weighted by atomic mass is 10.2. The normalized spacial score (nSPS) is 18.0. The molecule has 1 aliphatic rings. The molecule has 4 nitrogen and oxygen atoms in total. The summed E-state index contributed by atoms with van der Waals surface area (Å²) in [5.41, 5.74) is 0. The Bertz CT molecular complexity index is 174. The largest absolute Gasteiger partial charge is 0.395 e. The molecule has 0 saturated heterocycles. The molecular formula is C12H26N2O2. The molecule has 0 aliphatic heterocycles. The van der Waals surface area contributed by atoms with Crippen LogP contribution in [-0.2, 0) is 4.74 Å². The van der Waals surface area contributed by atoms with Gasteiger partial charge in [-0.2, -0.15) is 0 Å². The molecule has 1 rings (SSSR count). The van der Waals surface area contributed by atoms with Gasteiger partial charge in [0.15, 0.2) is 0 Å². The average Bonchev–Trinajstić information content (AvgIpc) is 3.11. The standard InChI is InChI=1S/C12H26N2O2/c1-3-14(8-9-16-2)7-6-12(10-15)13-11-4-5-11/h11-13,15H,3-10H2,1-2H3. The molecule has 0 bridgehead atoms. The Balaban J connectivity index is 2.12. The molecule has 16 heavy (non-hydrogen) atoms. The maximum Gasteiger partial charge on any atom is 0.0589 e. The fourth-order valence-electron chi connectivity index (χ4n) is 1.80. The minimum Gasteiger partial charge on any atom is -0.395 e. The van der Waals surface area contributed by atoms with Crippen LogP contribution in [0.5, 0.6) is 0 Å². The number of likely N-dealkylation sites (N-methyl/N-ethyl adjacent to an activating group) is 1. The van der Waals surface area contributed by atoms with E-state index in [1.165, 1.54) is 12.8 Å². The van der Waals surface area contributed by atoms with Gasteiger partial charge in [-0.3, -0.25) is 0 Å². The Labute approximate surface area is 99.0 Å². The van der Waals surface area contributed by atoms with Crippen LogP contribution in [0.2, 0.25) is 0 Å². The van der Waals surface area contributed by atoms with Crippen molar-refractivity contribution in [2.75, 3.05) is 40.0 Å². The second-order valence-corrected chi connectivity index (χ2v) is 4.54. The number of nitrogens with zero attached hydrogens (tertiary/aromatic N) is 1. The monoisotopic (exact) mass is 230 g/mol. The highest BCUT2D eigenvalue weighted by atomic mass is 16.5. The Morgan fingerprint density at radius 2 is 2.19 bits per heavy atom. The number of aliphatic hydroxyl groups is 1. The van der Waals surface area contributed by atoms with E-state index < -0.39 is 0 Å². The maximum atomic E-state index is 9.26. The van der Waals surface area contributed by atoms with Gasteiger partial charge < -0.3 is 20.1 Å². The lowest BCUT2D eigenvalue weighted by Crippen LogP contribution is -2.38. The molecule has 0 amide bonds. The van der Waals surface area contributed by atoms with Crippen LogP contribution in [0.4, 0.5) is 0 Å². The summed E-state index contributed by atoms with van der Waals surface area (Å²) in [5.74, 6) is 0. The molecule has 2 N–H and O–H groups in total. The summed E-state index contributed by atoms with van der Waals surface area (Å²) < 4.78 is 5.08. The van der Waals surface area contributed by atoms with Crippen molar-refractivity contribution < 1.29 is 9.84 Å². The molecule has 4 heteroatoms. The molecule has 1 fully saturated rings. The molecule has 0 aromatic carbocycles. The Morgan fingerprint density at radius 3 is 2.69 bits per heavy atom. The van der Waals surface area contributed by atoms with E-state index in [-0.39, 0.29) is 12.6 Å². The molecule has 1 atom stereocenters. The van der Waals surface area contributed by atoms with E-state index in [0.717, 1.165) is 32.7 Å². The topological polar surface area (TPSA) is 44.7 Å². The zero-order valence-corrected chi connectivity index (χ0v) is 10.6. The zero-order valence-electron chi connectivity index (χ0n) is 10.6. The molecule has 1 aliphatic carbocycles. The van der Waals surface area contributed by atoms with E-state index >= 15 is 0 Å². The average molecular weight is 230 g/mol. The number of nitrogens with one attached hydrogen (secondary N) is 1. The van der Waals surface area contributed by atoms with Gasteiger partial charge in [0.1, 0.15) is 0 Å². The van der Waals surface area contributed by atoms with Crippen molar-refractivity contribution in [3.8, 4) is 0 Å². The predicted octanol–water partition coefficient (Wildman–Crippen LogP) is 0.458. The molecule has 0 aromatic heterocycles. The van der Waals surface area contributed by atoms with Crippen molar-refractivity contribution >= 4 is 0 Å². The van der Waals surface area contributed by atoms with Crippen molar-refractivity contribution in [2.24, 2.45) is 0 Å². The second kappa shape index (κ2) is 8.01. The van der Waals surface area contributed by atoms with Crippen LogP contribution in [0.1, 0.15) is 26.2 Å². The molecule has 0 spiro atoms. The number of ether oxygens (including phenoxy) is 1. The molecule has 0 aromatic rings. The molecular weight excluding hydrogens is 204 g/mol. The van der Waals surface area contributed by atoms with E-state index in [4.69, 9.17) is 4.74 Å². The summed E-state index contributed by atoms with van der Waals surface area (Å²) in [4.78, 5) is 2.36. The molecule has 1 saturated carbocycles. The van der Waals surface area contributed by atoms with Gasteiger partial charge >= 0.3 is 0 Å². The number of hydrogen-bond acceptors (Lipinski definition) is 4. The summed E-state index contributed by atoms with van der Waals surface area (Å²) in [6.07, 6.45) is 3.57. The summed E-state index contributed by atoms with van der Waals surface area (Å²) in [6, 6.07) is 0.940. The molecule has 0 heterocycles. The van der Waals surface area contributed by atoms with E-state index in [2.05, 4.69) is 17.1 Å². The highest BCUT2D eigenvalue weighted by molar-refractivity contribution is 4.84. The second-order valence-electron chi connectivity index (χ2n) is 4.54. The van der Waals surface area contributed by atoms with Crippen LogP contribution in [0.3, 0.4) is 0 Å². The summed E-state index contributed by atoms with van der Waals surface area (Å²) in [7, 11) is 1.74. The fraction of sp³-hybridized carbons (Fsp3) is 1.00. The number of methoxy groups -OCH3 is 1. The number of aliphatic hydroxyl groups excluding tert-OH is 1. The van der Waals surface area contributed by atoms with Gasteiger partial charge in [0.05, 0.1) is 13.2 Å². The number of rotatable bonds is 10. The minimum atomic E-state index is 0.248. The Kier molecular flexibility index (Phi) is 6.96. The van der Waals surface area contributed by atoms with Crippen LogP contribution < -0.4 is 5.32 Å². The zero-order chi connectivity index (χ0) is 11.8. The van der Waals surface area contributed by atoms with Gasteiger partial charge in [0.2, 0.25) is 0 Å². The van der Waals surface area contributed by atoms with Gasteiger partial charge in [-0.25, -0.2) is 0 Å². The SMILES string of the molecule is CCN(CCOC)CCC(CO)NC1CC1. The molecule has 1 unspecified atom stereocenters. The first kappa shape index (κ1) is 13.9. The van der Waals surface area contributed by atoms with Crippen molar-refractivity contribution in [3.05, 3.63) is 0 Å². The Morgan fingerprint density at radius 1 is 1.44 bits per heavy atom. The number of hydrogen-bond donors (Lipinski definition) is 2. The van der Waals surface area contributed by atoms with Gasteiger partial charge in [-0.05, 0) is 32.4 Å². The maximum absolute atomic E-state index is 9.26. The van der Waals surface area contributed by atoms with Crippen molar-refractivity contribution in [1.82, 2.24) is 10.2 Å². The lowest BCUT2D eigenvalue weighted by Gasteiger charge is -2.23. The third-order valence-electron chi connectivity index (χ3n) is 3.12. The minimum absolute atomic E-state index is 0.248. The van der Waals surface area contributed by atoms with E-state index in [1.54, 1.807) is 7.11 Å². The highest BCUT2D eigenvalue weighted by Crippen LogP contribution is 2.19. The van der Waals surface area contributed by atoms with Gasteiger partial charge in [-0.1, -0.05) is 6.92 Å². The summed E-state index contributed by atoms with van der Waals surface area (Å²) in [6.45, 7) is 6.26. The van der Waals surface area contributed by atoms with Gasteiger partial charge in [-0.15, -0.1) is 0 Å². The quantitative estimate of drug-likeness (QED) is 0.572. The smallest absolute Gasteiger partial charge is 0.0589 e. The molecule has 96 valence electrons. The first-order chi connectivity index (χ1) is 7.80. The third kappa shape index (κ3) is 5.80. The van der Waals surface area contributed by atoms with Crippen LogP contribution in [0.15, 0.2) is 0 Å². The Hall–Kier alpha value is -0.160. The van der Waals surface area contributed by atoms with Crippen molar-refractivity contribution in [3.63, 3.8) is 0 Å². The summed E-state index contributed by atoms with van der Waals surface area (Å²) in [5, 5.41) is 12.7. The summed E-state index contributed by atoms with van der Waals surface area (Å²) >= 11 is 0. The van der Waals surface area contributed by atoms with E-state index in [1.807, 2.05) is 0 Å². The first-order valence-corrected chi connectivity index (χ1v) is 6.38. The van der Waals surface area contributed by atoms with Crippen molar-refractivity contribution in [2.45, 2.75) is 38.3 Å². The van der Waals surface area contributed by atoms with Gasteiger partial charge in [0, 0.05) is 25.7 Å². The van der Waals surface area contributed by atoms with Crippen LogP contribution >= 0.6 is 0 Å². The van der Waals surface area contributed by atoms with Crippen LogP contribution in [-0.4, -0.2) is 62.0 Å². The van der Waals surface area contributed by atoms with Crippen molar-refractivity contribution in [1.29, 1.82) is 0 Å². The molecule has 0 radical (unpaired) electrons. The van der Waals surface area contributed by atoms with Crippen LogP contribution in [0.25, 0.3) is 0 Å². The fourth-order valence-corrected chi connectivity index (χ4v) is 1.80. The van der Waals surface area contributed by atoms with E-state index in [9.17, 15) is 5.11 Å². The van der Waals surface area contributed by atoms with Gasteiger partial charge in [0.25, 0.3) is 0 Å². The van der Waals surface area contributed by atoms with Crippen LogP contribution in [0, 0.1) is 0 Å². The van der Waals surface area contributed by atoms with E-state index in [0.29, 0.717) is 6.04 Å². The third-order valence-corrected chi connectivity index (χ3v) is 3.12. The first-order valence-electron chi connectivity index (χ1n) is 6.38. The lowest BCUT2D eigenvalue weighted by molar-refractivity contribution is 0.143.